The summed E-state index contributed by atoms with van der Waals surface area (Å²) in [5.74, 6) is -0.157. The van der Waals surface area contributed by atoms with E-state index in [0.29, 0.717) is 65.3 Å². The van der Waals surface area contributed by atoms with Crippen molar-refractivity contribution < 1.29 is 23.9 Å². The smallest absolute Gasteiger partial charge is 0.407 e. The SMILES string of the molecule is CC(C)(C)CC(=O)N[C@@H](CCCNC(=O)OC(C)(C)C)C(=O)OCCCc1ccc(-c2c(C#N)c(CCc3csc(-c4ccc(Cl)cc4)n3)nc(N3CCCC3)c2C#N)cc1. The third kappa shape index (κ3) is 14.0. The average Bonchev–Trinajstić information content (AvgIpc) is 3.92. The van der Waals surface area contributed by atoms with E-state index in [4.69, 9.17) is 31.0 Å². The molecule has 4 aromatic rings. The van der Waals surface area contributed by atoms with Crippen molar-refractivity contribution in [2.24, 2.45) is 5.41 Å². The number of benzene rings is 2. The van der Waals surface area contributed by atoms with E-state index in [2.05, 4.69) is 27.7 Å². The molecule has 0 spiro atoms. The van der Waals surface area contributed by atoms with Gasteiger partial charge in [-0.25, -0.2) is 19.6 Å². The van der Waals surface area contributed by atoms with Gasteiger partial charge in [0, 0.05) is 47.6 Å². The Morgan fingerprint density at radius 1 is 0.885 bits per heavy atom. The van der Waals surface area contributed by atoms with Gasteiger partial charge in [-0.15, -0.1) is 11.3 Å². The first-order valence-electron chi connectivity index (χ1n) is 20.9. The highest BCUT2D eigenvalue weighted by Gasteiger charge is 2.27. The Labute approximate surface area is 368 Å². The number of rotatable bonds is 17. The standard InChI is InChI=1S/C47H56ClN7O5S/c1-46(2,3)27-40(56)53-39(12-9-23-51-45(58)60-47(4,5)6)44(57)59-26-10-11-31-13-15-32(16-14-31)41-36(28-49)38(54-42(37(41)29-50)55-24-7-8-25-55)22-21-35-30-61-43(52-35)33-17-19-34(48)20-18-33/h13-20,30,39H,7-12,21-27H2,1-6H3,(H,51,58)(H,53,56)/t39-/m0/s1. The van der Waals surface area contributed by atoms with Gasteiger partial charge in [-0.2, -0.15) is 10.5 Å². The van der Waals surface area contributed by atoms with Gasteiger partial charge in [0.1, 0.15) is 40.2 Å². The summed E-state index contributed by atoms with van der Waals surface area (Å²) in [7, 11) is 0. The number of esters is 1. The van der Waals surface area contributed by atoms with Gasteiger partial charge in [0.15, 0.2) is 0 Å². The molecular formula is C47H56ClN7O5S. The van der Waals surface area contributed by atoms with Crippen LogP contribution in [0.1, 0.15) is 108 Å². The number of pyridine rings is 1. The number of ether oxygens (including phenoxy) is 2. The first kappa shape index (κ1) is 46.6. The zero-order valence-electron chi connectivity index (χ0n) is 36.0. The number of alkyl carbamates (subject to hydrolysis) is 1. The van der Waals surface area contributed by atoms with E-state index in [-0.39, 0.29) is 37.3 Å². The highest BCUT2D eigenvalue weighted by Crippen LogP contribution is 2.36. The molecule has 5 rings (SSSR count). The number of halogens is 1. The summed E-state index contributed by atoms with van der Waals surface area (Å²) in [5.41, 5.74) is 4.74. The molecule has 2 aromatic carbocycles. The lowest BCUT2D eigenvalue weighted by Crippen LogP contribution is -2.43. The quantitative estimate of drug-likeness (QED) is 0.0770. The number of amides is 2. The largest absolute Gasteiger partial charge is 0.464 e. The second kappa shape index (κ2) is 21.3. The van der Waals surface area contributed by atoms with Crippen LogP contribution in [0.5, 0.6) is 0 Å². The summed E-state index contributed by atoms with van der Waals surface area (Å²) in [6.07, 6.45) is 4.63. The maximum atomic E-state index is 13.2. The van der Waals surface area contributed by atoms with Crippen molar-refractivity contribution in [2.45, 2.75) is 111 Å². The summed E-state index contributed by atoms with van der Waals surface area (Å²) >= 11 is 7.64. The van der Waals surface area contributed by atoms with Crippen molar-refractivity contribution in [3.8, 4) is 33.8 Å². The van der Waals surface area contributed by atoms with Crippen molar-refractivity contribution in [3.05, 3.63) is 87.0 Å². The lowest BCUT2D eigenvalue weighted by molar-refractivity contribution is -0.148. The van der Waals surface area contributed by atoms with Gasteiger partial charge < -0.3 is 25.0 Å². The molecule has 1 saturated heterocycles. The fraction of sp³-hybridized carbons (Fsp3) is 0.468. The number of hydrogen-bond donors (Lipinski definition) is 2. The van der Waals surface area contributed by atoms with Gasteiger partial charge in [0.25, 0.3) is 0 Å². The molecule has 12 nitrogen and oxygen atoms in total. The highest BCUT2D eigenvalue weighted by molar-refractivity contribution is 7.13. The minimum Gasteiger partial charge on any atom is -0.464 e. The second-order valence-corrected chi connectivity index (χ2v) is 18.8. The molecule has 2 aromatic heterocycles. The predicted octanol–water partition coefficient (Wildman–Crippen LogP) is 9.36. The summed E-state index contributed by atoms with van der Waals surface area (Å²) < 4.78 is 10.9. The van der Waals surface area contributed by atoms with Crippen LogP contribution in [-0.2, 0) is 38.3 Å². The number of thiazole rings is 1. The van der Waals surface area contributed by atoms with Gasteiger partial charge in [-0.05, 0) is 101 Å². The zero-order chi connectivity index (χ0) is 44.2. The van der Waals surface area contributed by atoms with E-state index in [1.807, 2.05) is 74.7 Å². The number of nitrogens with one attached hydrogen (secondary N) is 2. The maximum Gasteiger partial charge on any atom is 0.407 e. The lowest BCUT2D eigenvalue weighted by Gasteiger charge is -2.22. The van der Waals surface area contributed by atoms with Crippen LogP contribution in [0, 0.1) is 28.1 Å². The molecule has 0 unspecified atom stereocenters. The van der Waals surface area contributed by atoms with Crippen molar-refractivity contribution in [2.75, 3.05) is 31.1 Å². The molecule has 2 N–H and O–H groups in total. The van der Waals surface area contributed by atoms with Crippen LogP contribution in [0.4, 0.5) is 10.6 Å². The monoisotopic (exact) mass is 865 g/mol. The van der Waals surface area contributed by atoms with Gasteiger partial charge in [0.2, 0.25) is 5.91 Å². The Morgan fingerprint density at radius 2 is 1.56 bits per heavy atom. The summed E-state index contributed by atoms with van der Waals surface area (Å²) in [4.78, 5) is 50.1. The van der Waals surface area contributed by atoms with Gasteiger partial charge in [-0.1, -0.05) is 68.8 Å². The number of nitriles is 2. The zero-order valence-corrected chi connectivity index (χ0v) is 37.6. The molecule has 1 aliphatic rings. The third-order valence-electron chi connectivity index (χ3n) is 9.89. The van der Waals surface area contributed by atoms with Crippen molar-refractivity contribution in [1.82, 2.24) is 20.6 Å². The van der Waals surface area contributed by atoms with Gasteiger partial charge in [0.05, 0.1) is 23.6 Å². The minimum atomic E-state index is -0.859. The molecule has 0 bridgehead atoms. The molecule has 0 saturated carbocycles. The lowest BCUT2D eigenvalue weighted by atomic mass is 9.92. The van der Waals surface area contributed by atoms with E-state index >= 15 is 0 Å². The van der Waals surface area contributed by atoms with Crippen LogP contribution in [-0.4, -0.2) is 65.8 Å². The van der Waals surface area contributed by atoms with Crippen molar-refractivity contribution in [1.29, 1.82) is 10.5 Å². The maximum absolute atomic E-state index is 13.2. The van der Waals surface area contributed by atoms with Crippen molar-refractivity contribution >= 4 is 46.7 Å². The van der Waals surface area contributed by atoms with Gasteiger partial charge >= 0.3 is 12.1 Å². The van der Waals surface area contributed by atoms with E-state index < -0.39 is 23.7 Å². The van der Waals surface area contributed by atoms with E-state index in [9.17, 15) is 24.9 Å². The number of aromatic nitrogens is 2. The van der Waals surface area contributed by atoms with Crippen LogP contribution in [0.15, 0.2) is 53.9 Å². The first-order valence-corrected chi connectivity index (χ1v) is 22.1. The fourth-order valence-electron chi connectivity index (χ4n) is 7.04. The number of hydrogen-bond acceptors (Lipinski definition) is 11. The summed E-state index contributed by atoms with van der Waals surface area (Å²) in [6, 6.07) is 19.3. The molecule has 1 fully saturated rings. The topological polar surface area (TPSA) is 170 Å². The highest BCUT2D eigenvalue weighted by atomic mass is 35.5. The normalized spacial score (nSPS) is 13.2. The molecule has 322 valence electrons. The fourth-order valence-corrected chi connectivity index (χ4v) is 8.03. The van der Waals surface area contributed by atoms with E-state index in [0.717, 1.165) is 53.3 Å². The molecular weight excluding hydrogens is 810 g/mol. The van der Waals surface area contributed by atoms with Gasteiger partial charge in [-0.3, -0.25) is 4.79 Å². The molecule has 14 heteroatoms. The van der Waals surface area contributed by atoms with Crippen LogP contribution in [0.2, 0.25) is 5.02 Å². The average molecular weight is 867 g/mol. The van der Waals surface area contributed by atoms with Crippen LogP contribution >= 0.6 is 22.9 Å². The molecule has 2 amide bonds. The first-order chi connectivity index (χ1) is 29.0. The van der Waals surface area contributed by atoms with E-state index in [1.165, 1.54) is 0 Å². The Morgan fingerprint density at radius 3 is 2.20 bits per heavy atom. The Bertz CT molecular complexity index is 2230. The predicted molar refractivity (Wildman–Crippen MR) is 239 cm³/mol. The number of nitrogens with zero attached hydrogens (tertiary/aromatic N) is 5. The number of anilines is 1. The Kier molecular flexibility index (Phi) is 16.3. The molecule has 0 radical (unpaired) electrons. The molecule has 0 aliphatic carbocycles. The molecule has 3 heterocycles. The summed E-state index contributed by atoms with van der Waals surface area (Å²) in [6.45, 7) is 13.2. The Hall–Kier alpha value is -5.50. The number of carbonyl (C=O) groups excluding carboxylic acids is 3. The minimum absolute atomic E-state index is 0.145. The van der Waals surface area contributed by atoms with Crippen LogP contribution in [0.3, 0.4) is 0 Å². The number of aryl methyl sites for hydroxylation is 3. The Balaban J connectivity index is 1.25. The number of carbonyl (C=O) groups is 3. The second-order valence-electron chi connectivity index (χ2n) is 17.5. The van der Waals surface area contributed by atoms with Crippen LogP contribution in [0.25, 0.3) is 21.7 Å². The van der Waals surface area contributed by atoms with E-state index in [1.54, 1.807) is 32.1 Å². The van der Waals surface area contributed by atoms with Crippen LogP contribution < -0.4 is 15.5 Å². The third-order valence-corrected chi connectivity index (χ3v) is 11.1. The summed E-state index contributed by atoms with van der Waals surface area (Å²) in [5, 5.41) is 30.2. The molecule has 1 atom stereocenters. The van der Waals surface area contributed by atoms with Crippen molar-refractivity contribution in [3.63, 3.8) is 0 Å². The molecule has 61 heavy (non-hydrogen) atoms. The molecule has 1 aliphatic heterocycles.